The predicted octanol–water partition coefficient (Wildman–Crippen LogP) is 3.79. The van der Waals surface area contributed by atoms with Crippen molar-refractivity contribution in [2.45, 2.75) is 27.2 Å². The SMILES string of the molecule is CCOP(=O)(CCC=C(C)Cl)OCC. The Kier molecular flexibility index (Phi) is 7.56. The summed E-state index contributed by atoms with van der Waals surface area (Å²) >= 11 is 5.65. The van der Waals surface area contributed by atoms with Gasteiger partial charge in [-0.15, -0.1) is 0 Å². The average Bonchev–Trinajstić information content (AvgIpc) is 2.03. The number of rotatable bonds is 7. The molecule has 0 bridgehead atoms. The largest absolute Gasteiger partial charge is 0.330 e. The molecule has 0 aliphatic carbocycles. The second kappa shape index (κ2) is 7.47. The van der Waals surface area contributed by atoms with Crippen molar-refractivity contribution in [2.24, 2.45) is 0 Å². The van der Waals surface area contributed by atoms with Gasteiger partial charge in [-0.3, -0.25) is 4.57 Å². The molecule has 84 valence electrons. The van der Waals surface area contributed by atoms with Crippen LogP contribution < -0.4 is 0 Å². The molecule has 0 aromatic rings. The van der Waals surface area contributed by atoms with Gasteiger partial charge in [0.1, 0.15) is 0 Å². The van der Waals surface area contributed by atoms with Gasteiger partial charge < -0.3 is 9.05 Å². The van der Waals surface area contributed by atoms with Crippen LogP contribution in [0.15, 0.2) is 11.1 Å². The lowest BCUT2D eigenvalue weighted by Gasteiger charge is -2.15. The van der Waals surface area contributed by atoms with Crippen LogP contribution in [0.5, 0.6) is 0 Å². The van der Waals surface area contributed by atoms with Gasteiger partial charge in [-0.05, 0) is 27.2 Å². The third-order valence-corrected chi connectivity index (χ3v) is 3.74. The standard InChI is InChI=1S/C9H18ClO3P/c1-4-12-14(11,13-5-2)8-6-7-9(3)10/h7H,4-6,8H2,1-3H3. The topological polar surface area (TPSA) is 35.5 Å². The average molecular weight is 241 g/mol. The van der Waals surface area contributed by atoms with Crippen LogP contribution in [-0.2, 0) is 13.6 Å². The van der Waals surface area contributed by atoms with Crippen molar-refractivity contribution < 1.29 is 13.6 Å². The second-order valence-corrected chi connectivity index (χ2v) is 5.53. The van der Waals surface area contributed by atoms with E-state index in [0.717, 1.165) is 0 Å². The minimum Gasteiger partial charge on any atom is -0.309 e. The van der Waals surface area contributed by atoms with E-state index in [1.165, 1.54) is 0 Å². The summed E-state index contributed by atoms with van der Waals surface area (Å²) in [6, 6.07) is 0. The molecule has 0 aromatic carbocycles. The fourth-order valence-corrected chi connectivity index (χ4v) is 2.66. The molecule has 0 fully saturated rings. The van der Waals surface area contributed by atoms with Crippen LogP contribution in [0.3, 0.4) is 0 Å². The lowest BCUT2D eigenvalue weighted by molar-refractivity contribution is 0.220. The van der Waals surface area contributed by atoms with Crippen LogP contribution in [0.25, 0.3) is 0 Å². The van der Waals surface area contributed by atoms with Gasteiger partial charge in [0.25, 0.3) is 0 Å². The van der Waals surface area contributed by atoms with E-state index in [1.54, 1.807) is 20.8 Å². The van der Waals surface area contributed by atoms with Crippen molar-refractivity contribution in [3.8, 4) is 0 Å². The summed E-state index contributed by atoms with van der Waals surface area (Å²) in [5, 5.41) is 0.699. The van der Waals surface area contributed by atoms with Gasteiger partial charge in [0.2, 0.25) is 0 Å². The Morgan fingerprint density at radius 3 is 2.21 bits per heavy atom. The third-order valence-electron chi connectivity index (χ3n) is 1.48. The molecule has 3 nitrogen and oxygen atoms in total. The maximum absolute atomic E-state index is 11.9. The van der Waals surface area contributed by atoms with Crippen LogP contribution >= 0.6 is 19.2 Å². The summed E-state index contributed by atoms with van der Waals surface area (Å²) in [6.45, 7) is 6.19. The van der Waals surface area contributed by atoms with Gasteiger partial charge in [0.05, 0.1) is 19.4 Å². The number of halogens is 1. The number of hydrogen-bond donors (Lipinski definition) is 0. The van der Waals surface area contributed by atoms with Gasteiger partial charge >= 0.3 is 7.60 Å². The molecule has 5 heteroatoms. The van der Waals surface area contributed by atoms with Crippen molar-refractivity contribution in [1.82, 2.24) is 0 Å². The first-order valence-electron chi connectivity index (χ1n) is 4.74. The van der Waals surface area contributed by atoms with Gasteiger partial charge in [-0.2, -0.15) is 0 Å². The van der Waals surface area contributed by atoms with E-state index in [-0.39, 0.29) is 0 Å². The van der Waals surface area contributed by atoms with E-state index in [9.17, 15) is 4.57 Å². The molecule has 14 heavy (non-hydrogen) atoms. The lowest BCUT2D eigenvalue weighted by atomic mass is 10.4. The van der Waals surface area contributed by atoms with Gasteiger partial charge in [0, 0.05) is 5.03 Å². The Bertz CT molecular complexity index is 214. The molecular weight excluding hydrogens is 223 g/mol. The van der Waals surface area contributed by atoms with Crippen molar-refractivity contribution in [2.75, 3.05) is 19.4 Å². The predicted molar refractivity (Wildman–Crippen MR) is 60.0 cm³/mol. The third kappa shape index (κ3) is 6.61. The van der Waals surface area contributed by atoms with Crippen LogP contribution in [0.4, 0.5) is 0 Å². The Hall–Kier alpha value is 0.180. The maximum atomic E-state index is 11.9. The zero-order valence-electron chi connectivity index (χ0n) is 8.96. The number of allylic oxidation sites excluding steroid dienone is 2. The summed E-state index contributed by atoms with van der Waals surface area (Å²) in [5.74, 6) is 0. The molecule has 0 amide bonds. The zero-order chi connectivity index (χ0) is 11.0. The molecule has 0 heterocycles. The molecule has 0 aliphatic rings. The Labute approximate surface area is 91.0 Å². The normalized spacial score (nSPS) is 13.3. The van der Waals surface area contributed by atoms with Crippen molar-refractivity contribution in [1.29, 1.82) is 0 Å². The van der Waals surface area contributed by atoms with E-state index in [2.05, 4.69) is 0 Å². The van der Waals surface area contributed by atoms with Crippen LogP contribution in [0.2, 0.25) is 0 Å². The minimum atomic E-state index is -2.88. The summed E-state index contributed by atoms with van der Waals surface area (Å²) in [6.07, 6.45) is 2.82. The fraction of sp³-hybridized carbons (Fsp3) is 0.778. The van der Waals surface area contributed by atoms with Crippen LogP contribution in [-0.4, -0.2) is 19.4 Å². The number of hydrogen-bond acceptors (Lipinski definition) is 3. The highest BCUT2D eigenvalue weighted by atomic mass is 35.5. The Balaban J connectivity index is 4.09. The summed E-state index contributed by atoms with van der Waals surface area (Å²) in [4.78, 5) is 0. The highest BCUT2D eigenvalue weighted by molar-refractivity contribution is 7.53. The quantitative estimate of drug-likeness (QED) is 0.635. The molecule has 0 saturated heterocycles. The van der Waals surface area contributed by atoms with E-state index in [4.69, 9.17) is 20.6 Å². The van der Waals surface area contributed by atoms with E-state index in [0.29, 0.717) is 30.8 Å². The van der Waals surface area contributed by atoms with Crippen LogP contribution in [0.1, 0.15) is 27.2 Å². The molecule has 0 radical (unpaired) electrons. The molecule has 0 aliphatic heterocycles. The van der Waals surface area contributed by atoms with Crippen LogP contribution in [0, 0.1) is 0 Å². The van der Waals surface area contributed by atoms with Crippen molar-refractivity contribution >= 4 is 19.2 Å². The monoisotopic (exact) mass is 240 g/mol. The summed E-state index contributed by atoms with van der Waals surface area (Å²) < 4.78 is 22.1. The molecule has 0 aromatic heterocycles. The highest BCUT2D eigenvalue weighted by Gasteiger charge is 2.21. The summed E-state index contributed by atoms with van der Waals surface area (Å²) in [5.41, 5.74) is 0. The first-order chi connectivity index (χ1) is 6.54. The van der Waals surface area contributed by atoms with Gasteiger partial charge in [0.15, 0.2) is 0 Å². The van der Waals surface area contributed by atoms with E-state index < -0.39 is 7.60 Å². The smallest absolute Gasteiger partial charge is 0.309 e. The minimum absolute atomic E-state index is 0.388. The summed E-state index contributed by atoms with van der Waals surface area (Å²) in [7, 11) is -2.88. The molecule has 0 saturated carbocycles. The first kappa shape index (κ1) is 14.2. The fourth-order valence-electron chi connectivity index (χ4n) is 0.981. The van der Waals surface area contributed by atoms with Crippen molar-refractivity contribution in [3.63, 3.8) is 0 Å². The molecule has 0 atom stereocenters. The maximum Gasteiger partial charge on any atom is 0.330 e. The molecular formula is C9H18ClO3P. The Morgan fingerprint density at radius 2 is 1.86 bits per heavy atom. The first-order valence-corrected chi connectivity index (χ1v) is 6.85. The molecule has 0 spiro atoms. The second-order valence-electron chi connectivity index (χ2n) is 2.75. The van der Waals surface area contributed by atoms with Crippen molar-refractivity contribution in [3.05, 3.63) is 11.1 Å². The van der Waals surface area contributed by atoms with E-state index in [1.807, 2.05) is 6.08 Å². The van der Waals surface area contributed by atoms with E-state index >= 15 is 0 Å². The lowest BCUT2D eigenvalue weighted by Crippen LogP contribution is -1.99. The molecule has 0 rings (SSSR count). The zero-order valence-corrected chi connectivity index (χ0v) is 10.6. The molecule has 0 N–H and O–H groups in total. The van der Waals surface area contributed by atoms with Gasteiger partial charge in [-0.25, -0.2) is 0 Å². The van der Waals surface area contributed by atoms with Gasteiger partial charge in [-0.1, -0.05) is 17.7 Å². The highest BCUT2D eigenvalue weighted by Crippen LogP contribution is 2.48. The molecule has 0 unspecified atom stereocenters. The Morgan fingerprint density at radius 1 is 1.36 bits per heavy atom.